The molecule has 8 heteroatoms. The smallest absolute Gasteiger partial charge is 0.337 e. The molecule has 1 fully saturated rings. The van der Waals surface area contributed by atoms with Crippen molar-refractivity contribution in [3.8, 4) is 11.5 Å². The lowest BCUT2D eigenvalue weighted by Gasteiger charge is -2.20. The van der Waals surface area contributed by atoms with Crippen molar-refractivity contribution in [2.75, 3.05) is 32.8 Å². The van der Waals surface area contributed by atoms with E-state index in [0.717, 1.165) is 0 Å². The molecule has 1 atom stereocenters. The van der Waals surface area contributed by atoms with Gasteiger partial charge in [0, 0.05) is 25.1 Å². The Kier molecular flexibility index (Phi) is 4.73. The van der Waals surface area contributed by atoms with E-state index in [1.807, 2.05) is 0 Å². The third-order valence-electron chi connectivity index (χ3n) is 3.68. The van der Waals surface area contributed by atoms with Crippen molar-refractivity contribution in [3.05, 3.63) is 17.7 Å². The second kappa shape index (κ2) is 6.55. The molecule has 1 aliphatic rings. The van der Waals surface area contributed by atoms with E-state index in [-0.39, 0.29) is 35.9 Å². The molecule has 1 N–H and O–H groups in total. The zero-order valence-electron chi connectivity index (χ0n) is 13.0. The van der Waals surface area contributed by atoms with Crippen molar-refractivity contribution in [2.24, 2.45) is 5.92 Å². The van der Waals surface area contributed by atoms with Gasteiger partial charge in [-0.05, 0) is 0 Å². The molecule has 2 rings (SSSR count). The molecule has 1 unspecified atom stereocenters. The zero-order valence-corrected chi connectivity index (χ0v) is 13.0. The molecule has 0 saturated carbocycles. The van der Waals surface area contributed by atoms with Gasteiger partial charge in [-0.25, -0.2) is 4.79 Å². The number of carboxylic acids is 1. The molecule has 0 radical (unpaired) electrons. The molecule has 0 spiro atoms. The van der Waals surface area contributed by atoms with Gasteiger partial charge in [-0.1, -0.05) is 0 Å². The summed E-state index contributed by atoms with van der Waals surface area (Å²) >= 11 is 0. The van der Waals surface area contributed by atoms with Crippen LogP contribution in [0.1, 0.15) is 16.8 Å². The number of carbonyl (C=O) groups excluding carboxylic acids is 2. The fourth-order valence-corrected chi connectivity index (χ4v) is 2.53. The Labute approximate surface area is 132 Å². The predicted octanol–water partition coefficient (Wildman–Crippen LogP) is 0.928. The molecule has 1 aliphatic heterocycles. The molecular weight excluding hydrogens is 306 g/mol. The average molecular weight is 323 g/mol. The molecular formula is C15H17NO7. The van der Waals surface area contributed by atoms with Crippen LogP contribution in [0, 0.1) is 5.92 Å². The Morgan fingerprint density at radius 1 is 1.17 bits per heavy atom. The van der Waals surface area contributed by atoms with Gasteiger partial charge >= 0.3 is 11.9 Å². The molecule has 0 aromatic heterocycles. The Morgan fingerprint density at radius 2 is 1.78 bits per heavy atom. The highest BCUT2D eigenvalue weighted by Crippen LogP contribution is 2.37. The van der Waals surface area contributed by atoms with Crippen LogP contribution in [-0.4, -0.2) is 50.8 Å². The first kappa shape index (κ1) is 16.6. The van der Waals surface area contributed by atoms with Crippen LogP contribution in [0.15, 0.2) is 12.1 Å². The number of anilines is 1. The second-order valence-corrected chi connectivity index (χ2v) is 4.96. The van der Waals surface area contributed by atoms with Gasteiger partial charge in [0.2, 0.25) is 5.91 Å². The van der Waals surface area contributed by atoms with E-state index in [0.29, 0.717) is 5.75 Å². The van der Waals surface area contributed by atoms with Gasteiger partial charge in [0.25, 0.3) is 0 Å². The minimum absolute atomic E-state index is 0.0277. The van der Waals surface area contributed by atoms with Crippen molar-refractivity contribution in [1.29, 1.82) is 0 Å². The standard InChI is InChI=1S/C15H17NO7/c1-21-11-5-9(14(18)19)10(6-12(11)22-2)16-7-8(4-13(16)17)15(20)23-3/h5-6,8H,4,7H2,1-3H3,(H,18,19). The van der Waals surface area contributed by atoms with Gasteiger partial charge in [-0.3, -0.25) is 9.59 Å². The zero-order chi connectivity index (χ0) is 17.1. The van der Waals surface area contributed by atoms with Gasteiger partial charge < -0.3 is 24.2 Å². The van der Waals surface area contributed by atoms with Crippen LogP contribution in [0.4, 0.5) is 5.69 Å². The highest BCUT2D eigenvalue weighted by Gasteiger charge is 2.37. The SMILES string of the molecule is COC(=O)C1CC(=O)N(c2cc(OC)c(OC)cc2C(=O)O)C1. The first-order chi connectivity index (χ1) is 10.9. The highest BCUT2D eigenvalue weighted by molar-refractivity contribution is 6.05. The van der Waals surface area contributed by atoms with E-state index in [1.165, 1.54) is 38.4 Å². The fourth-order valence-electron chi connectivity index (χ4n) is 2.53. The maximum absolute atomic E-state index is 12.2. The van der Waals surface area contributed by atoms with Crippen LogP contribution in [0.5, 0.6) is 11.5 Å². The third kappa shape index (κ3) is 3.05. The van der Waals surface area contributed by atoms with Crippen LogP contribution < -0.4 is 14.4 Å². The second-order valence-electron chi connectivity index (χ2n) is 4.96. The first-order valence-electron chi connectivity index (χ1n) is 6.80. The summed E-state index contributed by atoms with van der Waals surface area (Å²) in [5.74, 6) is -2.16. The number of ether oxygens (including phenoxy) is 3. The fraction of sp³-hybridized carbons (Fsp3) is 0.400. The number of benzene rings is 1. The number of hydrogen-bond acceptors (Lipinski definition) is 6. The molecule has 8 nitrogen and oxygen atoms in total. The number of hydrogen-bond donors (Lipinski definition) is 1. The van der Waals surface area contributed by atoms with Gasteiger partial charge in [0.15, 0.2) is 11.5 Å². The largest absolute Gasteiger partial charge is 0.493 e. The lowest BCUT2D eigenvalue weighted by molar-refractivity contribution is -0.145. The summed E-state index contributed by atoms with van der Waals surface area (Å²) in [5.41, 5.74) is 0.0491. The maximum Gasteiger partial charge on any atom is 0.337 e. The number of methoxy groups -OCH3 is 3. The summed E-state index contributed by atoms with van der Waals surface area (Å²) in [6.07, 6.45) is -0.0277. The highest BCUT2D eigenvalue weighted by atomic mass is 16.5. The lowest BCUT2D eigenvalue weighted by atomic mass is 10.1. The first-order valence-corrected chi connectivity index (χ1v) is 6.80. The number of amides is 1. The molecule has 124 valence electrons. The Morgan fingerprint density at radius 3 is 2.30 bits per heavy atom. The van der Waals surface area contributed by atoms with Crippen molar-refractivity contribution in [3.63, 3.8) is 0 Å². The van der Waals surface area contributed by atoms with Gasteiger partial charge in [0.1, 0.15) is 0 Å². The molecule has 1 saturated heterocycles. The topological polar surface area (TPSA) is 102 Å². The average Bonchev–Trinajstić information content (AvgIpc) is 2.94. The quantitative estimate of drug-likeness (QED) is 0.804. The summed E-state index contributed by atoms with van der Waals surface area (Å²) in [6, 6.07) is 2.70. The van der Waals surface area contributed by atoms with Gasteiger partial charge in [-0.2, -0.15) is 0 Å². The number of aromatic carboxylic acids is 1. The molecule has 1 amide bonds. The van der Waals surface area contributed by atoms with E-state index >= 15 is 0 Å². The minimum atomic E-state index is -1.21. The number of rotatable bonds is 5. The summed E-state index contributed by atoms with van der Waals surface area (Å²) in [7, 11) is 4.04. The van der Waals surface area contributed by atoms with E-state index < -0.39 is 17.9 Å². The van der Waals surface area contributed by atoms with E-state index in [4.69, 9.17) is 9.47 Å². The molecule has 0 bridgehead atoms. The normalized spacial score (nSPS) is 17.1. The van der Waals surface area contributed by atoms with Crippen LogP contribution in [0.3, 0.4) is 0 Å². The molecule has 0 aliphatic carbocycles. The van der Waals surface area contributed by atoms with Crippen molar-refractivity contribution < 1.29 is 33.7 Å². The van der Waals surface area contributed by atoms with Crippen LogP contribution in [-0.2, 0) is 14.3 Å². The predicted molar refractivity (Wildman–Crippen MR) is 79.0 cm³/mol. The maximum atomic E-state index is 12.2. The third-order valence-corrected chi connectivity index (χ3v) is 3.68. The van der Waals surface area contributed by atoms with E-state index in [1.54, 1.807) is 0 Å². The molecule has 1 aromatic rings. The summed E-state index contributed by atoms with van der Waals surface area (Å²) in [5, 5.41) is 9.39. The minimum Gasteiger partial charge on any atom is -0.493 e. The van der Waals surface area contributed by atoms with Crippen LogP contribution >= 0.6 is 0 Å². The number of carbonyl (C=O) groups is 3. The Hall–Kier alpha value is -2.77. The summed E-state index contributed by atoms with van der Waals surface area (Å²) in [4.78, 5) is 36.6. The van der Waals surface area contributed by atoms with Crippen molar-refractivity contribution in [1.82, 2.24) is 0 Å². The number of esters is 1. The Bertz CT molecular complexity index is 655. The molecule has 1 heterocycles. The van der Waals surface area contributed by atoms with Crippen LogP contribution in [0.2, 0.25) is 0 Å². The van der Waals surface area contributed by atoms with Crippen molar-refractivity contribution in [2.45, 2.75) is 6.42 Å². The van der Waals surface area contributed by atoms with Gasteiger partial charge in [0.05, 0.1) is 38.5 Å². The molecule has 1 aromatic carbocycles. The summed E-state index contributed by atoms with van der Waals surface area (Å²) < 4.78 is 14.9. The number of nitrogens with zero attached hydrogens (tertiary/aromatic N) is 1. The van der Waals surface area contributed by atoms with E-state index in [2.05, 4.69) is 4.74 Å². The summed E-state index contributed by atoms with van der Waals surface area (Å²) in [6.45, 7) is 0.0568. The molecule has 23 heavy (non-hydrogen) atoms. The van der Waals surface area contributed by atoms with Gasteiger partial charge in [-0.15, -0.1) is 0 Å². The monoisotopic (exact) mass is 323 g/mol. The van der Waals surface area contributed by atoms with Crippen LogP contribution in [0.25, 0.3) is 0 Å². The van der Waals surface area contributed by atoms with Crippen molar-refractivity contribution >= 4 is 23.5 Å². The van der Waals surface area contributed by atoms with E-state index in [9.17, 15) is 19.5 Å². The lowest BCUT2D eigenvalue weighted by Crippen LogP contribution is -2.28. The Balaban J connectivity index is 2.47. The number of carboxylic acid groups (broad SMARTS) is 1.